The fourth-order valence-corrected chi connectivity index (χ4v) is 3.84. The van der Waals surface area contributed by atoms with Crippen LogP contribution in [-0.4, -0.2) is 16.9 Å². The second-order valence-corrected chi connectivity index (χ2v) is 6.57. The van der Waals surface area contributed by atoms with Gasteiger partial charge in [0.15, 0.2) is 0 Å². The van der Waals surface area contributed by atoms with Crippen molar-refractivity contribution in [1.29, 1.82) is 0 Å². The summed E-state index contributed by atoms with van der Waals surface area (Å²) < 4.78 is 0. The fourth-order valence-electron chi connectivity index (χ4n) is 3.84. The van der Waals surface area contributed by atoms with Gasteiger partial charge in [-0.25, -0.2) is 4.98 Å². The molecular formula is C20H25N3O. The van der Waals surface area contributed by atoms with Gasteiger partial charge in [-0.3, -0.25) is 4.79 Å². The summed E-state index contributed by atoms with van der Waals surface area (Å²) in [5.41, 5.74) is 3.17. The number of aryl methyl sites for hydroxylation is 1. The third-order valence-electron chi connectivity index (χ3n) is 4.94. The van der Waals surface area contributed by atoms with Gasteiger partial charge >= 0.3 is 0 Å². The molecule has 0 bridgehead atoms. The maximum absolute atomic E-state index is 12.3. The molecule has 4 nitrogen and oxygen atoms in total. The highest BCUT2D eigenvalue weighted by molar-refractivity contribution is 5.94. The van der Waals surface area contributed by atoms with Crippen molar-refractivity contribution in [2.45, 2.75) is 46.2 Å². The minimum absolute atomic E-state index is 0.105. The van der Waals surface area contributed by atoms with Crippen molar-refractivity contribution in [2.75, 3.05) is 10.2 Å². The van der Waals surface area contributed by atoms with Crippen LogP contribution in [0.15, 0.2) is 42.5 Å². The highest BCUT2D eigenvalue weighted by atomic mass is 16.2. The molecule has 3 rings (SSSR count). The summed E-state index contributed by atoms with van der Waals surface area (Å²) in [6.45, 7) is 8.01. The Morgan fingerprint density at radius 2 is 1.96 bits per heavy atom. The summed E-state index contributed by atoms with van der Waals surface area (Å²) >= 11 is 0. The molecule has 126 valence electrons. The van der Waals surface area contributed by atoms with Crippen LogP contribution < -0.4 is 10.2 Å². The number of aromatic nitrogens is 1. The van der Waals surface area contributed by atoms with Crippen LogP contribution in [0, 0.1) is 12.8 Å². The Bertz CT molecular complexity index is 743. The smallest absolute Gasteiger partial charge is 0.224 e. The van der Waals surface area contributed by atoms with Crippen LogP contribution in [0.4, 0.5) is 11.5 Å². The van der Waals surface area contributed by atoms with E-state index < -0.39 is 0 Å². The number of pyridine rings is 1. The number of amides is 1. The lowest BCUT2D eigenvalue weighted by Gasteiger charge is -2.45. The van der Waals surface area contributed by atoms with Crippen LogP contribution in [0.25, 0.3) is 0 Å². The summed E-state index contributed by atoms with van der Waals surface area (Å²) in [4.78, 5) is 18.8. The van der Waals surface area contributed by atoms with Gasteiger partial charge in [-0.1, -0.05) is 38.1 Å². The molecule has 1 aliphatic heterocycles. The van der Waals surface area contributed by atoms with Gasteiger partial charge < -0.3 is 10.2 Å². The largest absolute Gasteiger partial charge is 0.363 e. The van der Waals surface area contributed by atoms with E-state index in [1.54, 1.807) is 6.92 Å². The molecule has 0 saturated heterocycles. The highest BCUT2D eigenvalue weighted by Crippen LogP contribution is 2.43. The third kappa shape index (κ3) is 2.88. The SMILES string of the molecule is CC[C@H]1[C@H](C)[C@@H](Nc2cccc(C)n2)c2ccccc2N1C(C)=O. The number of carbonyl (C=O) groups is 1. The molecule has 0 fully saturated rings. The van der Waals surface area contributed by atoms with Crippen LogP contribution >= 0.6 is 0 Å². The number of nitrogens with zero attached hydrogens (tertiary/aromatic N) is 2. The third-order valence-corrected chi connectivity index (χ3v) is 4.94. The first-order valence-electron chi connectivity index (χ1n) is 8.61. The Morgan fingerprint density at radius 1 is 1.21 bits per heavy atom. The number of hydrogen-bond donors (Lipinski definition) is 1. The molecule has 1 amide bonds. The molecule has 0 aliphatic carbocycles. The lowest BCUT2D eigenvalue weighted by Crippen LogP contribution is -2.49. The number of rotatable bonds is 3. The van der Waals surface area contributed by atoms with Crippen molar-refractivity contribution in [3.8, 4) is 0 Å². The van der Waals surface area contributed by atoms with Gasteiger partial charge in [-0.05, 0) is 37.1 Å². The van der Waals surface area contributed by atoms with Crippen LogP contribution in [-0.2, 0) is 4.79 Å². The van der Waals surface area contributed by atoms with Gasteiger partial charge in [-0.15, -0.1) is 0 Å². The molecule has 0 saturated carbocycles. The van der Waals surface area contributed by atoms with Gasteiger partial charge in [0.05, 0.1) is 6.04 Å². The Morgan fingerprint density at radius 3 is 2.62 bits per heavy atom. The topological polar surface area (TPSA) is 45.2 Å². The molecule has 0 spiro atoms. The summed E-state index contributed by atoms with van der Waals surface area (Å²) in [6.07, 6.45) is 0.925. The van der Waals surface area contributed by atoms with Crippen LogP contribution in [0.2, 0.25) is 0 Å². The van der Waals surface area contributed by atoms with Crippen molar-refractivity contribution >= 4 is 17.4 Å². The van der Waals surface area contributed by atoms with Gasteiger partial charge in [0.25, 0.3) is 0 Å². The molecule has 1 aromatic heterocycles. The van der Waals surface area contributed by atoms with E-state index in [0.29, 0.717) is 0 Å². The number of nitrogens with one attached hydrogen (secondary N) is 1. The molecule has 0 radical (unpaired) electrons. The van der Waals surface area contributed by atoms with Crippen molar-refractivity contribution in [3.05, 3.63) is 53.7 Å². The second-order valence-electron chi connectivity index (χ2n) is 6.57. The molecule has 24 heavy (non-hydrogen) atoms. The number of benzene rings is 1. The van der Waals surface area contributed by atoms with E-state index in [-0.39, 0.29) is 23.9 Å². The molecule has 2 heterocycles. The molecular weight excluding hydrogens is 298 g/mol. The average molecular weight is 323 g/mol. The normalized spacial score (nSPS) is 22.8. The molecule has 1 aromatic carbocycles. The van der Waals surface area contributed by atoms with Crippen molar-refractivity contribution in [1.82, 2.24) is 4.98 Å². The van der Waals surface area contributed by atoms with Crippen LogP contribution in [0.1, 0.15) is 44.5 Å². The number of anilines is 2. The lowest BCUT2D eigenvalue weighted by molar-refractivity contribution is -0.117. The minimum Gasteiger partial charge on any atom is -0.363 e. The summed E-state index contributed by atoms with van der Waals surface area (Å²) in [5.74, 6) is 1.28. The maximum Gasteiger partial charge on any atom is 0.224 e. The van der Waals surface area contributed by atoms with E-state index in [2.05, 4.69) is 30.2 Å². The van der Waals surface area contributed by atoms with E-state index in [4.69, 9.17) is 0 Å². The Kier molecular flexibility index (Phi) is 4.56. The Hall–Kier alpha value is -2.36. The van der Waals surface area contributed by atoms with E-state index >= 15 is 0 Å². The first-order valence-corrected chi connectivity index (χ1v) is 8.61. The molecule has 3 atom stereocenters. The average Bonchev–Trinajstić information content (AvgIpc) is 2.56. The molecule has 1 N–H and O–H groups in total. The standard InChI is InChI=1S/C20H25N3O/c1-5-17-14(3)20(22-19-12-8-9-13(2)21-19)16-10-6-7-11-18(16)23(17)15(4)24/h6-12,14,17,20H,5H2,1-4H3,(H,21,22)/t14-,17-,20+/m0/s1. The first-order chi connectivity index (χ1) is 11.5. The van der Waals surface area contributed by atoms with Crippen molar-refractivity contribution in [3.63, 3.8) is 0 Å². The summed E-state index contributed by atoms with van der Waals surface area (Å²) in [5, 5.41) is 3.60. The monoisotopic (exact) mass is 323 g/mol. The van der Waals surface area contributed by atoms with E-state index in [9.17, 15) is 4.79 Å². The van der Waals surface area contributed by atoms with E-state index in [1.807, 2.05) is 48.2 Å². The van der Waals surface area contributed by atoms with Gasteiger partial charge in [-0.2, -0.15) is 0 Å². The number of hydrogen-bond acceptors (Lipinski definition) is 3. The predicted octanol–water partition coefficient (Wildman–Crippen LogP) is 4.32. The number of carbonyl (C=O) groups excluding carboxylic acids is 1. The quantitative estimate of drug-likeness (QED) is 0.914. The number of para-hydroxylation sites is 1. The zero-order valence-corrected chi connectivity index (χ0v) is 14.8. The molecule has 1 aliphatic rings. The zero-order chi connectivity index (χ0) is 17.3. The minimum atomic E-state index is 0.105. The van der Waals surface area contributed by atoms with Crippen LogP contribution in [0.3, 0.4) is 0 Å². The van der Waals surface area contributed by atoms with Crippen LogP contribution in [0.5, 0.6) is 0 Å². The highest BCUT2D eigenvalue weighted by Gasteiger charge is 2.39. The second kappa shape index (κ2) is 6.63. The molecule has 0 unspecified atom stereocenters. The van der Waals surface area contributed by atoms with E-state index in [0.717, 1.165) is 29.2 Å². The van der Waals surface area contributed by atoms with Crippen molar-refractivity contribution < 1.29 is 4.79 Å². The molecule has 2 aromatic rings. The summed E-state index contributed by atoms with van der Waals surface area (Å²) in [7, 11) is 0. The van der Waals surface area contributed by atoms with E-state index in [1.165, 1.54) is 0 Å². The molecule has 4 heteroatoms. The van der Waals surface area contributed by atoms with Crippen molar-refractivity contribution in [2.24, 2.45) is 5.92 Å². The Labute approximate surface area is 143 Å². The van der Waals surface area contributed by atoms with Gasteiger partial charge in [0.1, 0.15) is 5.82 Å². The van der Waals surface area contributed by atoms with Gasteiger partial charge in [0.2, 0.25) is 5.91 Å². The number of fused-ring (bicyclic) bond motifs is 1. The maximum atomic E-state index is 12.3. The first kappa shape index (κ1) is 16.5. The fraction of sp³-hybridized carbons (Fsp3) is 0.400. The zero-order valence-electron chi connectivity index (χ0n) is 14.8. The lowest BCUT2D eigenvalue weighted by atomic mass is 9.81. The summed E-state index contributed by atoms with van der Waals surface area (Å²) in [6, 6.07) is 14.5. The van der Waals surface area contributed by atoms with Gasteiger partial charge in [0, 0.05) is 30.3 Å². The Balaban J connectivity index is 2.05. The predicted molar refractivity (Wildman–Crippen MR) is 98.2 cm³/mol.